The number of hydrogen-bond donors (Lipinski definition) is 1. The quantitative estimate of drug-likeness (QED) is 0.502. The summed E-state index contributed by atoms with van der Waals surface area (Å²) in [5.41, 5.74) is 0. The lowest BCUT2D eigenvalue weighted by Gasteiger charge is -2.08. The average molecular weight is 140 g/mol. The van der Waals surface area contributed by atoms with E-state index in [0.717, 1.165) is 6.42 Å². The van der Waals surface area contributed by atoms with Gasteiger partial charge in [-0.3, -0.25) is 9.69 Å². The molecule has 0 aliphatic carbocycles. The second-order valence-electron chi connectivity index (χ2n) is 2.64. The summed E-state index contributed by atoms with van der Waals surface area (Å²) in [5, 5.41) is 2.62. The summed E-state index contributed by atoms with van der Waals surface area (Å²) in [6, 6.07) is -0.0625. The van der Waals surface area contributed by atoms with Crippen molar-refractivity contribution in [2.45, 2.75) is 18.9 Å². The average Bonchev–Trinajstić information content (AvgIpc) is 2.40. The third-order valence-electron chi connectivity index (χ3n) is 2.03. The minimum absolute atomic E-state index is 0.0278. The van der Waals surface area contributed by atoms with Gasteiger partial charge in [0.25, 0.3) is 0 Å². The van der Waals surface area contributed by atoms with Crippen molar-refractivity contribution in [2.24, 2.45) is 0 Å². The lowest BCUT2D eigenvalue weighted by atomic mass is 10.2. The number of urea groups is 1. The first-order valence-corrected chi connectivity index (χ1v) is 3.39. The fraction of sp³-hybridized carbons (Fsp3) is 0.667. The Balaban J connectivity index is 2.26. The molecule has 4 nitrogen and oxygen atoms in total. The van der Waals surface area contributed by atoms with Gasteiger partial charge in [-0.2, -0.15) is 0 Å². The molecule has 10 heavy (non-hydrogen) atoms. The third-order valence-corrected chi connectivity index (χ3v) is 2.03. The topological polar surface area (TPSA) is 49.4 Å². The van der Waals surface area contributed by atoms with Gasteiger partial charge < -0.3 is 5.32 Å². The van der Waals surface area contributed by atoms with Crippen molar-refractivity contribution >= 4 is 11.9 Å². The van der Waals surface area contributed by atoms with Crippen LogP contribution in [0.2, 0.25) is 0 Å². The van der Waals surface area contributed by atoms with E-state index in [1.807, 2.05) is 0 Å². The maximum absolute atomic E-state index is 10.9. The molecule has 1 unspecified atom stereocenters. The zero-order valence-corrected chi connectivity index (χ0v) is 5.46. The van der Waals surface area contributed by atoms with Gasteiger partial charge in [-0.25, -0.2) is 4.79 Å². The SMILES string of the molecule is O=C1CCC2CNC(=O)N12. The lowest BCUT2D eigenvalue weighted by molar-refractivity contribution is -0.125. The molecule has 4 heteroatoms. The molecule has 0 bridgehead atoms. The molecular weight excluding hydrogens is 132 g/mol. The molecule has 0 radical (unpaired) electrons. The number of nitrogens with one attached hydrogen (secondary N) is 1. The number of fused-ring (bicyclic) bond motifs is 1. The highest BCUT2D eigenvalue weighted by Crippen LogP contribution is 2.21. The maximum atomic E-state index is 10.9. The summed E-state index contributed by atoms with van der Waals surface area (Å²) < 4.78 is 0. The summed E-state index contributed by atoms with van der Waals surface area (Å²) in [4.78, 5) is 23.1. The highest BCUT2D eigenvalue weighted by molar-refractivity contribution is 5.98. The summed E-state index contributed by atoms with van der Waals surface area (Å²) in [7, 11) is 0. The fourth-order valence-corrected chi connectivity index (χ4v) is 1.51. The van der Waals surface area contributed by atoms with Crippen LogP contribution in [0.3, 0.4) is 0 Å². The predicted octanol–water partition coefficient (Wildman–Crippen LogP) is -0.299. The molecule has 2 fully saturated rings. The number of carbonyl (C=O) groups is 2. The van der Waals surface area contributed by atoms with Crippen molar-refractivity contribution in [1.82, 2.24) is 10.2 Å². The molecule has 54 valence electrons. The third kappa shape index (κ3) is 0.558. The van der Waals surface area contributed by atoms with Crippen LogP contribution in [-0.4, -0.2) is 29.4 Å². The van der Waals surface area contributed by atoms with E-state index >= 15 is 0 Å². The van der Waals surface area contributed by atoms with Crippen LogP contribution in [0.15, 0.2) is 0 Å². The molecule has 0 aromatic carbocycles. The maximum Gasteiger partial charge on any atom is 0.324 e. The Morgan fingerprint density at radius 2 is 2.30 bits per heavy atom. The fourth-order valence-electron chi connectivity index (χ4n) is 1.51. The van der Waals surface area contributed by atoms with Crippen LogP contribution in [-0.2, 0) is 4.79 Å². The van der Waals surface area contributed by atoms with Crippen molar-refractivity contribution in [3.63, 3.8) is 0 Å². The van der Waals surface area contributed by atoms with Crippen molar-refractivity contribution < 1.29 is 9.59 Å². The Morgan fingerprint density at radius 1 is 1.50 bits per heavy atom. The van der Waals surface area contributed by atoms with Crippen molar-refractivity contribution in [2.75, 3.05) is 6.54 Å². The van der Waals surface area contributed by atoms with Gasteiger partial charge in [0.1, 0.15) is 0 Å². The van der Waals surface area contributed by atoms with Crippen LogP contribution in [0.5, 0.6) is 0 Å². The van der Waals surface area contributed by atoms with Gasteiger partial charge in [0, 0.05) is 13.0 Å². The molecule has 1 atom stereocenters. The van der Waals surface area contributed by atoms with Gasteiger partial charge in [0.15, 0.2) is 0 Å². The summed E-state index contributed by atoms with van der Waals surface area (Å²) in [6.45, 7) is 0.643. The molecule has 0 saturated carbocycles. The second-order valence-corrected chi connectivity index (χ2v) is 2.64. The number of imide groups is 1. The molecule has 0 spiro atoms. The van der Waals surface area contributed by atoms with E-state index in [4.69, 9.17) is 0 Å². The molecule has 2 saturated heterocycles. The Bertz CT molecular complexity index is 182. The number of amides is 3. The Hall–Kier alpha value is -1.06. The molecular formula is C6H8N2O2. The van der Waals surface area contributed by atoms with Crippen LogP contribution >= 0.6 is 0 Å². The number of hydrogen-bond acceptors (Lipinski definition) is 2. The summed E-state index contributed by atoms with van der Waals surface area (Å²) in [6.07, 6.45) is 1.37. The molecule has 2 aliphatic heterocycles. The van der Waals surface area contributed by atoms with E-state index in [0.29, 0.717) is 13.0 Å². The van der Waals surface area contributed by atoms with Crippen LogP contribution in [0.4, 0.5) is 4.79 Å². The van der Waals surface area contributed by atoms with Crippen LogP contribution in [0.1, 0.15) is 12.8 Å². The van der Waals surface area contributed by atoms with E-state index in [1.165, 1.54) is 4.90 Å². The normalized spacial score (nSPS) is 30.8. The Labute approximate surface area is 58.2 Å². The van der Waals surface area contributed by atoms with Crippen LogP contribution in [0.25, 0.3) is 0 Å². The molecule has 2 heterocycles. The summed E-state index contributed by atoms with van der Waals surface area (Å²) >= 11 is 0. The van der Waals surface area contributed by atoms with Crippen molar-refractivity contribution in [1.29, 1.82) is 0 Å². The van der Waals surface area contributed by atoms with Gasteiger partial charge in [-0.15, -0.1) is 0 Å². The predicted molar refractivity (Wildman–Crippen MR) is 33.3 cm³/mol. The smallest absolute Gasteiger partial charge is 0.324 e. The number of carbonyl (C=O) groups excluding carboxylic acids is 2. The largest absolute Gasteiger partial charge is 0.336 e. The highest BCUT2D eigenvalue weighted by Gasteiger charge is 2.40. The zero-order chi connectivity index (χ0) is 7.14. The van der Waals surface area contributed by atoms with Crippen molar-refractivity contribution in [3.8, 4) is 0 Å². The van der Waals surface area contributed by atoms with E-state index in [-0.39, 0.29) is 18.0 Å². The van der Waals surface area contributed by atoms with Gasteiger partial charge in [0.2, 0.25) is 5.91 Å². The first-order chi connectivity index (χ1) is 4.79. The molecule has 1 N–H and O–H groups in total. The lowest BCUT2D eigenvalue weighted by Crippen LogP contribution is -2.32. The molecule has 2 rings (SSSR count). The molecule has 2 aliphatic rings. The standard InChI is InChI=1S/C6H8N2O2/c9-5-2-1-4-3-7-6(10)8(4)5/h4H,1-3H2,(H,7,10). The number of rotatable bonds is 0. The Kier molecular flexibility index (Phi) is 0.977. The van der Waals surface area contributed by atoms with E-state index in [2.05, 4.69) is 5.32 Å². The van der Waals surface area contributed by atoms with Gasteiger partial charge in [0.05, 0.1) is 6.04 Å². The van der Waals surface area contributed by atoms with Gasteiger partial charge in [-0.1, -0.05) is 0 Å². The first kappa shape index (κ1) is 5.70. The van der Waals surface area contributed by atoms with Gasteiger partial charge in [-0.05, 0) is 6.42 Å². The van der Waals surface area contributed by atoms with E-state index in [9.17, 15) is 9.59 Å². The van der Waals surface area contributed by atoms with Crippen LogP contribution < -0.4 is 5.32 Å². The minimum Gasteiger partial charge on any atom is -0.336 e. The van der Waals surface area contributed by atoms with Crippen molar-refractivity contribution in [3.05, 3.63) is 0 Å². The molecule has 3 amide bonds. The number of nitrogens with zero attached hydrogens (tertiary/aromatic N) is 1. The minimum atomic E-state index is -0.215. The van der Waals surface area contributed by atoms with E-state index < -0.39 is 0 Å². The summed E-state index contributed by atoms with van der Waals surface area (Å²) in [5.74, 6) is -0.0278. The van der Waals surface area contributed by atoms with Gasteiger partial charge >= 0.3 is 6.03 Å². The monoisotopic (exact) mass is 140 g/mol. The first-order valence-electron chi connectivity index (χ1n) is 3.39. The van der Waals surface area contributed by atoms with Crippen LogP contribution in [0, 0.1) is 0 Å². The molecule has 0 aromatic rings. The molecule has 0 aromatic heterocycles. The second kappa shape index (κ2) is 1.71. The highest BCUT2D eigenvalue weighted by atomic mass is 16.2. The zero-order valence-electron chi connectivity index (χ0n) is 5.46. The Morgan fingerprint density at radius 3 is 3.00 bits per heavy atom. The van der Waals surface area contributed by atoms with E-state index in [1.54, 1.807) is 0 Å².